The van der Waals surface area contributed by atoms with Gasteiger partial charge in [0.05, 0.1) is 5.92 Å². The van der Waals surface area contributed by atoms with E-state index in [1.807, 2.05) is 17.0 Å². The van der Waals surface area contributed by atoms with Gasteiger partial charge in [0.2, 0.25) is 5.91 Å². The quantitative estimate of drug-likeness (QED) is 0.780. The molecule has 160 valence electrons. The highest BCUT2D eigenvalue weighted by molar-refractivity contribution is 6.40. The van der Waals surface area contributed by atoms with Crippen LogP contribution in [0, 0.1) is 17.3 Å². The lowest BCUT2D eigenvalue weighted by molar-refractivity contribution is -0.134. The van der Waals surface area contributed by atoms with E-state index in [4.69, 9.17) is 4.84 Å². The summed E-state index contributed by atoms with van der Waals surface area (Å²) in [5, 5.41) is 7.24. The largest absolute Gasteiger partial charge is 0.391 e. The summed E-state index contributed by atoms with van der Waals surface area (Å²) in [5.41, 5.74) is 1.75. The number of pyridine rings is 1. The Morgan fingerprint density at radius 2 is 1.90 bits per heavy atom. The number of fused-ring (bicyclic) bond motifs is 2. The predicted molar refractivity (Wildman–Crippen MR) is 112 cm³/mol. The van der Waals surface area contributed by atoms with Crippen LogP contribution >= 0.6 is 0 Å². The number of carbonyl (C=O) groups is 2. The molecule has 1 aromatic rings. The van der Waals surface area contributed by atoms with Crippen molar-refractivity contribution in [3.8, 4) is 0 Å². The van der Waals surface area contributed by atoms with E-state index in [1.165, 1.54) is 12.8 Å². The molecule has 1 aromatic heterocycles. The molecule has 0 unspecified atom stereocenters. The molecule has 7 nitrogen and oxygen atoms in total. The maximum atomic E-state index is 12.9. The topological polar surface area (TPSA) is 83.9 Å². The molecule has 3 fully saturated rings. The van der Waals surface area contributed by atoms with Gasteiger partial charge in [0, 0.05) is 38.4 Å². The van der Waals surface area contributed by atoms with E-state index in [0.29, 0.717) is 24.1 Å². The Morgan fingerprint density at radius 1 is 1.13 bits per heavy atom. The van der Waals surface area contributed by atoms with Gasteiger partial charge in [-0.3, -0.25) is 14.6 Å². The maximum Gasteiger partial charge on any atom is 0.269 e. The zero-order valence-corrected chi connectivity index (χ0v) is 17.4. The fourth-order valence-electron chi connectivity index (χ4n) is 5.51. The van der Waals surface area contributed by atoms with E-state index in [0.717, 1.165) is 57.2 Å². The Kier molecular flexibility index (Phi) is 5.21. The highest BCUT2D eigenvalue weighted by Gasteiger charge is 2.57. The molecular weight excluding hydrogens is 380 g/mol. The van der Waals surface area contributed by atoms with Gasteiger partial charge in [0.25, 0.3) is 5.91 Å². The van der Waals surface area contributed by atoms with Crippen molar-refractivity contribution >= 4 is 17.5 Å². The number of hydrogen-bond donors (Lipinski definition) is 1. The number of oxime groups is 1. The first kappa shape index (κ1) is 19.5. The van der Waals surface area contributed by atoms with Crippen LogP contribution in [0.25, 0.3) is 0 Å². The van der Waals surface area contributed by atoms with E-state index < -0.39 is 0 Å². The predicted octanol–water partition coefficient (Wildman–Crippen LogP) is 2.31. The maximum absolute atomic E-state index is 12.9. The van der Waals surface area contributed by atoms with Crippen molar-refractivity contribution in [2.45, 2.75) is 57.5 Å². The summed E-state index contributed by atoms with van der Waals surface area (Å²) in [6.07, 6.45) is 11.3. The fraction of sp³-hybridized carbons (Fsp3) is 0.652. The van der Waals surface area contributed by atoms with Crippen LogP contribution in [0.4, 0.5) is 0 Å². The number of aromatic nitrogens is 1. The number of piperidine rings is 1. The molecule has 0 radical (unpaired) electrons. The summed E-state index contributed by atoms with van der Waals surface area (Å²) in [7, 11) is 0. The molecule has 0 bridgehead atoms. The van der Waals surface area contributed by atoms with Gasteiger partial charge >= 0.3 is 0 Å². The Bertz CT molecular complexity index is 828. The molecule has 2 saturated carbocycles. The van der Waals surface area contributed by atoms with Crippen LogP contribution < -0.4 is 5.32 Å². The van der Waals surface area contributed by atoms with Crippen LogP contribution in [0.3, 0.4) is 0 Å². The molecule has 5 rings (SSSR count). The summed E-state index contributed by atoms with van der Waals surface area (Å²) in [5.74, 6) is 0.888. The Hall–Kier alpha value is -2.44. The normalized spacial score (nSPS) is 26.8. The third kappa shape index (κ3) is 3.82. The van der Waals surface area contributed by atoms with Crippen molar-refractivity contribution in [2.75, 3.05) is 19.6 Å². The van der Waals surface area contributed by atoms with Crippen LogP contribution in [0.15, 0.2) is 29.7 Å². The molecule has 0 aromatic carbocycles. The number of hydrogen-bond acceptors (Lipinski definition) is 5. The molecule has 1 spiro atoms. The van der Waals surface area contributed by atoms with Crippen LogP contribution in [0.1, 0.15) is 50.5 Å². The minimum atomic E-state index is -0.106. The highest BCUT2D eigenvalue weighted by atomic mass is 16.6. The smallest absolute Gasteiger partial charge is 0.269 e. The van der Waals surface area contributed by atoms with Crippen LogP contribution in [-0.4, -0.2) is 53.1 Å². The molecular formula is C23H30N4O3. The minimum Gasteiger partial charge on any atom is -0.391 e. The number of rotatable bonds is 6. The first-order chi connectivity index (χ1) is 14.6. The summed E-state index contributed by atoms with van der Waals surface area (Å²) < 4.78 is 0. The van der Waals surface area contributed by atoms with Crippen LogP contribution in [0.5, 0.6) is 0 Å². The standard InChI is InChI=1S/C23H30N4O3/c28-19(15-17-1-2-17)27-13-8-23(9-14-27)7-3-18-20(23)21(26-30-18)22(29)25-12-6-16-4-10-24-11-5-16/h4-5,10-11,17-18,20H,1-3,6-9,12-15H2,(H,25,29)/t18-,20+/m0/s1. The van der Waals surface area contributed by atoms with E-state index >= 15 is 0 Å². The number of amides is 2. The van der Waals surface area contributed by atoms with Crippen molar-refractivity contribution < 1.29 is 14.4 Å². The van der Waals surface area contributed by atoms with E-state index in [1.54, 1.807) is 12.4 Å². The number of nitrogens with zero attached hydrogens (tertiary/aromatic N) is 3. The lowest BCUT2D eigenvalue weighted by atomic mass is 9.68. The summed E-state index contributed by atoms with van der Waals surface area (Å²) in [4.78, 5) is 37.1. The van der Waals surface area contributed by atoms with Gasteiger partial charge in [-0.25, -0.2) is 0 Å². The van der Waals surface area contributed by atoms with Crippen LogP contribution in [0.2, 0.25) is 0 Å². The Balaban J connectivity index is 1.18. The molecule has 1 saturated heterocycles. The lowest BCUT2D eigenvalue weighted by Gasteiger charge is -2.42. The first-order valence-corrected chi connectivity index (χ1v) is 11.3. The number of nitrogens with one attached hydrogen (secondary N) is 1. The molecule has 3 heterocycles. The molecule has 30 heavy (non-hydrogen) atoms. The van der Waals surface area contributed by atoms with Crippen molar-refractivity contribution in [3.63, 3.8) is 0 Å². The fourth-order valence-corrected chi connectivity index (χ4v) is 5.51. The van der Waals surface area contributed by atoms with Gasteiger partial charge < -0.3 is 15.1 Å². The lowest BCUT2D eigenvalue weighted by Crippen LogP contribution is -2.49. The summed E-state index contributed by atoms with van der Waals surface area (Å²) in [6.45, 7) is 2.16. The summed E-state index contributed by atoms with van der Waals surface area (Å²) >= 11 is 0. The second-order valence-electron chi connectivity index (χ2n) is 9.39. The van der Waals surface area contributed by atoms with E-state index in [2.05, 4.69) is 15.5 Å². The van der Waals surface area contributed by atoms with Gasteiger partial charge in [-0.05, 0) is 74.0 Å². The molecule has 2 aliphatic carbocycles. The molecule has 1 N–H and O–H groups in total. The van der Waals surface area contributed by atoms with Crippen LogP contribution in [-0.2, 0) is 20.8 Å². The average molecular weight is 411 g/mol. The zero-order valence-electron chi connectivity index (χ0n) is 17.4. The Morgan fingerprint density at radius 3 is 2.63 bits per heavy atom. The van der Waals surface area contributed by atoms with Gasteiger partial charge in [-0.2, -0.15) is 0 Å². The monoisotopic (exact) mass is 410 g/mol. The second-order valence-corrected chi connectivity index (χ2v) is 9.39. The average Bonchev–Trinajstić information content (AvgIpc) is 3.37. The SMILES string of the molecule is O=C(NCCc1ccncc1)C1=NO[C@H]2CCC3(CCN(C(=O)CC4CC4)CC3)[C@@H]12. The zero-order chi connectivity index (χ0) is 20.6. The van der Waals surface area contributed by atoms with Gasteiger partial charge in [-0.1, -0.05) is 5.16 Å². The molecule has 2 aliphatic heterocycles. The molecule has 2 atom stereocenters. The Labute approximate surface area is 177 Å². The molecule has 4 aliphatic rings. The van der Waals surface area contributed by atoms with Gasteiger partial charge in [0.15, 0.2) is 5.71 Å². The number of likely N-dealkylation sites (tertiary alicyclic amines) is 1. The van der Waals surface area contributed by atoms with Crippen molar-refractivity contribution in [2.24, 2.45) is 22.4 Å². The van der Waals surface area contributed by atoms with Gasteiger partial charge in [0.1, 0.15) is 6.10 Å². The van der Waals surface area contributed by atoms with Crippen molar-refractivity contribution in [1.29, 1.82) is 0 Å². The second kappa shape index (κ2) is 8.00. The van der Waals surface area contributed by atoms with Crippen molar-refractivity contribution in [3.05, 3.63) is 30.1 Å². The van der Waals surface area contributed by atoms with Gasteiger partial charge in [-0.15, -0.1) is 0 Å². The molecule has 7 heteroatoms. The molecule has 2 amide bonds. The third-order valence-corrected chi connectivity index (χ3v) is 7.49. The third-order valence-electron chi connectivity index (χ3n) is 7.49. The van der Waals surface area contributed by atoms with E-state index in [9.17, 15) is 9.59 Å². The number of carbonyl (C=O) groups excluding carboxylic acids is 2. The minimum absolute atomic E-state index is 0.0136. The first-order valence-electron chi connectivity index (χ1n) is 11.3. The van der Waals surface area contributed by atoms with Crippen molar-refractivity contribution in [1.82, 2.24) is 15.2 Å². The van der Waals surface area contributed by atoms with E-state index in [-0.39, 0.29) is 23.3 Å². The highest BCUT2D eigenvalue weighted by Crippen LogP contribution is 2.54. The summed E-state index contributed by atoms with van der Waals surface area (Å²) in [6, 6.07) is 3.92.